The van der Waals surface area contributed by atoms with Crippen LogP contribution in [0.15, 0.2) is 76.8 Å². The summed E-state index contributed by atoms with van der Waals surface area (Å²) in [6.07, 6.45) is 12.7. The second-order valence-electron chi connectivity index (χ2n) is 22.0. The van der Waals surface area contributed by atoms with Crippen molar-refractivity contribution in [3.8, 4) is 0 Å². The third-order valence-corrected chi connectivity index (χ3v) is 17.4. The number of carbonyl (C=O) groups excluding carboxylic acids is 4. The number of aryl methyl sites for hydroxylation is 1. The summed E-state index contributed by atoms with van der Waals surface area (Å²) in [4.78, 5) is 58.6. The summed E-state index contributed by atoms with van der Waals surface area (Å²) in [6, 6.07) is 4.57. The van der Waals surface area contributed by atoms with Crippen LogP contribution in [0.3, 0.4) is 0 Å². The number of Topliss-reactive ketones (excluding diaryl/α,β-unsaturated/α-hetero) is 2. The number of fused-ring (bicyclic) bond motifs is 3. The topological polar surface area (TPSA) is 215 Å². The third kappa shape index (κ3) is 16.1. The van der Waals surface area contributed by atoms with Crippen LogP contribution in [0, 0.1) is 42.4 Å². The van der Waals surface area contributed by atoms with Gasteiger partial charge in [-0.15, -0.1) is 0 Å². The molecular weight excluding hydrogens is 953 g/mol. The van der Waals surface area contributed by atoms with E-state index in [2.05, 4.69) is 4.72 Å². The van der Waals surface area contributed by atoms with Crippen LogP contribution >= 0.6 is 0 Å². The number of methoxy groups -OCH3 is 2. The number of allylic oxidation sites excluding steroid dienone is 6. The molecule has 15 nitrogen and oxygen atoms in total. The molecule has 1 amide bonds. The fourth-order valence-corrected chi connectivity index (χ4v) is 12.6. The SMILES string of the molecule is CO[C@@H]1C[C@@H](C[C@@H](C)[C@@H]2CC[C@H](C)/C=C(\C)[C@@H](O)[C@@H](OC)C(=O)[C@H](C)C[C@H](C)/C=C/C=C/C=C(\C)C(NS(=O)(=O)c3cccc(C)c3)C[C@@H]3CC[C@@H](C)[C@@](O)(O3)C(=O)C(=O)N3CCCC[C@H]3C(=O)O2)CC[C@H]1O. The summed E-state index contributed by atoms with van der Waals surface area (Å²) < 4.78 is 54.6. The Kier molecular flexibility index (Phi) is 22.4. The number of benzene rings is 1. The van der Waals surface area contributed by atoms with Crippen LogP contribution < -0.4 is 4.72 Å². The highest BCUT2D eigenvalue weighted by Crippen LogP contribution is 2.38. The van der Waals surface area contributed by atoms with Crippen LogP contribution in [0.2, 0.25) is 0 Å². The molecule has 5 rings (SSSR count). The van der Waals surface area contributed by atoms with E-state index >= 15 is 0 Å². The molecular formula is C57H86N2O13S. The maximum absolute atomic E-state index is 14.5. The van der Waals surface area contributed by atoms with Crippen molar-refractivity contribution < 1.29 is 61.9 Å². The molecule has 0 radical (unpaired) electrons. The smallest absolute Gasteiger partial charge is 0.329 e. The van der Waals surface area contributed by atoms with Gasteiger partial charge in [-0.3, -0.25) is 14.4 Å². The number of aliphatic hydroxyl groups is 3. The van der Waals surface area contributed by atoms with Crippen molar-refractivity contribution in [2.24, 2.45) is 35.5 Å². The molecule has 2 saturated heterocycles. The highest BCUT2D eigenvalue weighted by atomic mass is 32.2. The zero-order valence-electron chi connectivity index (χ0n) is 45.0. The summed E-state index contributed by atoms with van der Waals surface area (Å²) in [5.41, 5.74) is 1.95. The van der Waals surface area contributed by atoms with Crippen molar-refractivity contribution in [2.75, 3.05) is 20.8 Å². The predicted octanol–water partition coefficient (Wildman–Crippen LogP) is 7.64. The fourth-order valence-electron chi connectivity index (χ4n) is 11.2. The van der Waals surface area contributed by atoms with Crippen molar-refractivity contribution in [1.29, 1.82) is 0 Å². The Balaban J connectivity index is 1.50. The number of esters is 1. The number of nitrogens with one attached hydrogen (secondary N) is 1. The summed E-state index contributed by atoms with van der Waals surface area (Å²) >= 11 is 0. The van der Waals surface area contributed by atoms with E-state index in [1.54, 1.807) is 71.2 Å². The van der Waals surface area contributed by atoms with Gasteiger partial charge in [-0.25, -0.2) is 17.9 Å². The Labute approximate surface area is 435 Å². The molecule has 1 unspecified atom stereocenters. The highest BCUT2D eigenvalue weighted by molar-refractivity contribution is 7.89. The average Bonchev–Trinajstić information content (AvgIpc) is 3.35. The molecule has 408 valence electrons. The van der Waals surface area contributed by atoms with Crippen LogP contribution in [0.25, 0.3) is 0 Å². The lowest BCUT2D eigenvalue weighted by Crippen LogP contribution is -2.61. The number of sulfonamides is 1. The lowest BCUT2D eigenvalue weighted by Gasteiger charge is -2.43. The number of ether oxygens (including phenoxy) is 4. The number of ketones is 2. The molecule has 0 spiro atoms. The van der Waals surface area contributed by atoms with E-state index in [4.69, 9.17) is 18.9 Å². The quantitative estimate of drug-likeness (QED) is 0.112. The Morgan fingerprint density at radius 3 is 2.29 bits per heavy atom. The van der Waals surface area contributed by atoms with Gasteiger partial charge in [0.1, 0.15) is 24.4 Å². The van der Waals surface area contributed by atoms with E-state index in [9.17, 15) is 42.9 Å². The van der Waals surface area contributed by atoms with Crippen molar-refractivity contribution >= 4 is 33.5 Å². The van der Waals surface area contributed by atoms with Gasteiger partial charge in [0.05, 0.1) is 23.2 Å². The minimum absolute atomic E-state index is 0.0210. The average molecular weight is 1040 g/mol. The molecule has 4 aliphatic rings. The first-order chi connectivity index (χ1) is 34.5. The van der Waals surface area contributed by atoms with Gasteiger partial charge >= 0.3 is 5.97 Å². The molecule has 3 aliphatic heterocycles. The third-order valence-electron chi connectivity index (χ3n) is 15.9. The largest absolute Gasteiger partial charge is 0.461 e. The molecule has 3 heterocycles. The highest BCUT2D eigenvalue weighted by Gasteiger charge is 2.53. The Morgan fingerprint density at radius 2 is 1.59 bits per heavy atom. The Bertz CT molecular complexity index is 2280. The Morgan fingerprint density at radius 1 is 0.849 bits per heavy atom. The van der Waals surface area contributed by atoms with Crippen LogP contribution in [-0.4, -0.2) is 127 Å². The molecule has 4 N–H and O–H groups in total. The van der Waals surface area contributed by atoms with Crippen molar-refractivity contribution in [2.45, 2.75) is 198 Å². The number of piperidine rings is 1. The van der Waals surface area contributed by atoms with Gasteiger partial charge in [-0.05, 0) is 151 Å². The van der Waals surface area contributed by atoms with E-state index in [0.29, 0.717) is 75.4 Å². The summed E-state index contributed by atoms with van der Waals surface area (Å²) in [5, 5.41) is 34.3. The van der Waals surface area contributed by atoms with E-state index in [-0.39, 0.29) is 59.8 Å². The fraction of sp³-hybridized carbons (Fsp3) is 0.684. The minimum Gasteiger partial charge on any atom is -0.461 e. The number of nitrogens with zero attached hydrogens (tertiary/aromatic N) is 1. The lowest BCUT2D eigenvalue weighted by atomic mass is 9.78. The molecule has 73 heavy (non-hydrogen) atoms. The van der Waals surface area contributed by atoms with Crippen LogP contribution in [0.1, 0.15) is 138 Å². The van der Waals surface area contributed by atoms with E-state index in [1.807, 2.05) is 45.9 Å². The molecule has 16 heteroatoms. The van der Waals surface area contributed by atoms with Crippen molar-refractivity contribution in [3.63, 3.8) is 0 Å². The second kappa shape index (κ2) is 27.3. The van der Waals surface area contributed by atoms with Gasteiger partial charge in [0.15, 0.2) is 5.78 Å². The van der Waals surface area contributed by atoms with Crippen LogP contribution in [0.5, 0.6) is 0 Å². The molecule has 2 bridgehead atoms. The first-order valence-corrected chi connectivity index (χ1v) is 28.2. The van der Waals surface area contributed by atoms with E-state index in [1.165, 1.54) is 18.1 Å². The van der Waals surface area contributed by atoms with Crippen LogP contribution in [-0.2, 0) is 48.1 Å². The molecule has 0 aromatic heterocycles. The van der Waals surface area contributed by atoms with Gasteiger partial charge in [-0.2, -0.15) is 0 Å². The first kappa shape index (κ1) is 60.0. The first-order valence-electron chi connectivity index (χ1n) is 26.7. The maximum atomic E-state index is 14.5. The standard InChI is InChI=1S/C57H86N2O13S/c1-35-17-12-11-13-19-38(4)46(58-73(67,68)45-20-16-18-36(2)31-45)34-44-25-23-42(8)57(66,72-44)54(63)55(64)59-28-15-14-21-47(59)56(65)71-49(39(5)32-43-24-26-48(60)50(33-43)69-9)27-22-37(3)30-41(7)52(62)53(70-10)51(61)40(6)29-35/h11-13,16-20,30-31,35,37,39-40,42-44,46-50,52-53,58,60,62,66H,14-15,21-29,32-34H2,1-10H3/b13-11+,17-12+,38-19+,41-30+/t35-,37+,39-,40-,42-,43-,44+,46?,47+,48-,49+,50-,52-,53+,57-/m1/s1. The summed E-state index contributed by atoms with van der Waals surface area (Å²) in [7, 11) is -1.06. The number of carbonyl (C=O) groups is 4. The zero-order valence-corrected chi connectivity index (χ0v) is 45.9. The molecule has 1 aromatic carbocycles. The predicted molar refractivity (Wildman–Crippen MR) is 279 cm³/mol. The molecule has 3 fully saturated rings. The van der Waals surface area contributed by atoms with E-state index in [0.717, 1.165) is 12.0 Å². The van der Waals surface area contributed by atoms with E-state index < -0.39 is 87.9 Å². The van der Waals surface area contributed by atoms with Crippen molar-refractivity contribution in [3.05, 3.63) is 77.4 Å². The second-order valence-corrected chi connectivity index (χ2v) is 23.7. The van der Waals surface area contributed by atoms with Gasteiger partial charge in [-0.1, -0.05) is 88.8 Å². The molecule has 15 atom stereocenters. The van der Waals surface area contributed by atoms with Crippen molar-refractivity contribution in [1.82, 2.24) is 9.62 Å². The number of aliphatic hydroxyl groups excluding tert-OH is 2. The molecule has 1 aromatic rings. The summed E-state index contributed by atoms with van der Waals surface area (Å²) in [6.45, 7) is 14.9. The van der Waals surface area contributed by atoms with Gasteiger partial charge in [0.25, 0.3) is 11.7 Å². The Hall–Kier alpha value is -3.87. The van der Waals surface area contributed by atoms with Gasteiger partial charge in [0, 0.05) is 38.6 Å². The number of hydrogen-bond donors (Lipinski definition) is 4. The minimum atomic E-state index is -4.08. The zero-order chi connectivity index (χ0) is 53.8. The van der Waals surface area contributed by atoms with Gasteiger partial charge < -0.3 is 39.2 Å². The number of cyclic esters (lactones) is 1. The number of hydrogen-bond acceptors (Lipinski definition) is 13. The number of rotatable bonds is 8. The normalized spacial score (nSPS) is 37.4. The summed E-state index contributed by atoms with van der Waals surface area (Å²) in [5.74, 6) is -6.99. The lowest BCUT2D eigenvalue weighted by molar-refractivity contribution is -0.264. The molecule has 1 saturated carbocycles. The monoisotopic (exact) mass is 1040 g/mol. The maximum Gasteiger partial charge on any atom is 0.329 e. The number of amides is 1. The molecule has 1 aliphatic carbocycles. The van der Waals surface area contributed by atoms with Gasteiger partial charge in [0.2, 0.25) is 15.8 Å². The van der Waals surface area contributed by atoms with Crippen LogP contribution in [0.4, 0.5) is 0 Å².